The fourth-order valence-electron chi connectivity index (χ4n) is 3.55. The van der Waals surface area contributed by atoms with Crippen molar-refractivity contribution in [1.29, 1.82) is 0 Å². The second kappa shape index (κ2) is 6.67. The highest BCUT2D eigenvalue weighted by Crippen LogP contribution is 2.40. The van der Waals surface area contributed by atoms with E-state index in [0.717, 1.165) is 25.2 Å². The summed E-state index contributed by atoms with van der Waals surface area (Å²) in [6, 6.07) is 0.178. The van der Waals surface area contributed by atoms with Gasteiger partial charge in [-0.3, -0.25) is 4.79 Å². The van der Waals surface area contributed by atoms with Gasteiger partial charge in [-0.05, 0) is 44.4 Å². The Hall–Kier alpha value is -1.26. The number of carboxylic acid groups (broad SMARTS) is 1. The number of aliphatic carboxylic acids is 1. The average Bonchev–Trinajstić information content (AvgIpc) is 2.44. The van der Waals surface area contributed by atoms with Crippen LogP contribution in [0.4, 0.5) is 4.79 Å². The van der Waals surface area contributed by atoms with Gasteiger partial charge in [0, 0.05) is 19.6 Å². The molecule has 2 aliphatic carbocycles. The van der Waals surface area contributed by atoms with Crippen molar-refractivity contribution >= 4 is 12.0 Å². The fourth-order valence-corrected chi connectivity index (χ4v) is 3.55. The van der Waals surface area contributed by atoms with Crippen LogP contribution in [0.3, 0.4) is 0 Å². The van der Waals surface area contributed by atoms with E-state index in [1.807, 2.05) is 7.05 Å². The highest BCUT2D eigenvalue weighted by atomic mass is 16.4. The molecule has 0 spiro atoms. The summed E-state index contributed by atoms with van der Waals surface area (Å²) < 4.78 is 0. The van der Waals surface area contributed by atoms with Crippen LogP contribution in [0.1, 0.15) is 58.3 Å². The molecule has 5 heteroatoms. The van der Waals surface area contributed by atoms with Gasteiger partial charge in [0.1, 0.15) is 0 Å². The van der Waals surface area contributed by atoms with Crippen LogP contribution in [0.25, 0.3) is 0 Å². The van der Waals surface area contributed by atoms with Gasteiger partial charge in [-0.25, -0.2) is 4.79 Å². The monoisotopic (exact) mass is 296 g/mol. The van der Waals surface area contributed by atoms with Crippen LogP contribution in [0.15, 0.2) is 0 Å². The van der Waals surface area contributed by atoms with E-state index in [-0.39, 0.29) is 12.6 Å². The standard InChI is InChI=1S/C16H28N2O3/c1-3-12-5-7-13(8-6-12)18(2)15(21)17-11-16(14(19)20)9-4-10-16/h12-13H,3-11H2,1-2H3,(H,17,21)(H,19,20). The molecule has 0 saturated heterocycles. The summed E-state index contributed by atoms with van der Waals surface area (Å²) in [4.78, 5) is 25.3. The Balaban J connectivity index is 1.79. The highest BCUT2D eigenvalue weighted by Gasteiger charge is 2.44. The van der Waals surface area contributed by atoms with Gasteiger partial charge < -0.3 is 15.3 Å². The molecular formula is C16H28N2O3. The molecular weight excluding hydrogens is 268 g/mol. The van der Waals surface area contributed by atoms with Gasteiger partial charge in [0.25, 0.3) is 0 Å². The van der Waals surface area contributed by atoms with Crippen LogP contribution in [0.2, 0.25) is 0 Å². The lowest BCUT2D eigenvalue weighted by Crippen LogP contribution is -2.52. The number of carboxylic acids is 1. The number of nitrogens with zero attached hydrogens (tertiary/aromatic N) is 1. The zero-order valence-electron chi connectivity index (χ0n) is 13.2. The van der Waals surface area contributed by atoms with Crippen LogP contribution in [-0.4, -0.2) is 41.6 Å². The molecule has 120 valence electrons. The van der Waals surface area contributed by atoms with Crippen molar-refractivity contribution in [3.05, 3.63) is 0 Å². The Bertz CT molecular complexity index is 385. The number of urea groups is 1. The van der Waals surface area contributed by atoms with Crippen LogP contribution in [0, 0.1) is 11.3 Å². The van der Waals surface area contributed by atoms with E-state index in [9.17, 15) is 14.7 Å². The molecule has 2 N–H and O–H groups in total. The van der Waals surface area contributed by atoms with E-state index in [2.05, 4.69) is 12.2 Å². The molecule has 0 unspecified atom stereocenters. The molecule has 5 nitrogen and oxygen atoms in total. The highest BCUT2D eigenvalue weighted by molar-refractivity contribution is 5.79. The minimum absolute atomic E-state index is 0.123. The molecule has 0 aromatic rings. The van der Waals surface area contributed by atoms with E-state index in [1.165, 1.54) is 19.3 Å². The first-order chi connectivity index (χ1) is 9.98. The Kier molecular flexibility index (Phi) is 5.12. The summed E-state index contributed by atoms with van der Waals surface area (Å²) in [5.74, 6) is 0.0307. The van der Waals surface area contributed by atoms with Gasteiger partial charge in [0.2, 0.25) is 0 Å². The maximum Gasteiger partial charge on any atom is 0.317 e. The first-order valence-electron chi connectivity index (χ1n) is 8.22. The molecule has 2 saturated carbocycles. The molecule has 0 bridgehead atoms. The van der Waals surface area contributed by atoms with Gasteiger partial charge in [-0.1, -0.05) is 19.8 Å². The maximum absolute atomic E-state index is 12.2. The zero-order valence-corrected chi connectivity index (χ0v) is 13.2. The Labute approximate surface area is 127 Å². The number of nitrogens with one attached hydrogen (secondary N) is 1. The summed E-state index contributed by atoms with van der Waals surface area (Å²) in [5, 5.41) is 12.1. The lowest BCUT2D eigenvalue weighted by Gasteiger charge is -2.39. The number of carbonyl (C=O) groups excluding carboxylic acids is 1. The predicted octanol–water partition coefficient (Wildman–Crippen LogP) is 2.85. The second-order valence-electron chi connectivity index (χ2n) is 6.79. The molecule has 2 rings (SSSR count). The fraction of sp³-hybridized carbons (Fsp3) is 0.875. The zero-order chi connectivity index (χ0) is 15.5. The minimum atomic E-state index is -0.778. The van der Waals surface area contributed by atoms with Gasteiger partial charge in [-0.2, -0.15) is 0 Å². The molecule has 0 aliphatic heterocycles. The molecule has 0 aromatic heterocycles. The SMILES string of the molecule is CCC1CCC(N(C)C(=O)NCC2(C(=O)O)CCC2)CC1. The lowest BCUT2D eigenvalue weighted by molar-refractivity contribution is -0.153. The predicted molar refractivity (Wildman–Crippen MR) is 81.1 cm³/mol. The number of hydrogen-bond donors (Lipinski definition) is 2. The van der Waals surface area contributed by atoms with Gasteiger partial charge in [0.05, 0.1) is 5.41 Å². The number of carbonyl (C=O) groups is 2. The van der Waals surface area contributed by atoms with Crippen molar-refractivity contribution < 1.29 is 14.7 Å². The molecule has 0 heterocycles. The molecule has 21 heavy (non-hydrogen) atoms. The normalized spacial score (nSPS) is 27.5. The summed E-state index contributed by atoms with van der Waals surface area (Å²) >= 11 is 0. The van der Waals surface area contributed by atoms with Crippen molar-refractivity contribution in [1.82, 2.24) is 10.2 Å². The smallest absolute Gasteiger partial charge is 0.317 e. The largest absolute Gasteiger partial charge is 0.481 e. The minimum Gasteiger partial charge on any atom is -0.481 e. The molecule has 2 aliphatic rings. The van der Waals surface area contributed by atoms with Gasteiger partial charge in [-0.15, -0.1) is 0 Å². The quantitative estimate of drug-likeness (QED) is 0.819. The number of rotatable bonds is 5. The van der Waals surface area contributed by atoms with Gasteiger partial charge >= 0.3 is 12.0 Å². The molecule has 0 aromatic carbocycles. The van der Waals surface area contributed by atoms with Crippen LogP contribution < -0.4 is 5.32 Å². The third-order valence-corrected chi connectivity index (χ3v) is 5.60. The van der Waals surface area contributed by atoms with E-state index < -0.39 is 11.4 Å². The van der Waals surface area contributed by atoms with Crippen molar-refractivity contribution in [2.45, 2.75) is 64.3 Å². The first kappa shape index (κ1) is 16.1. The van der Waals surface area contributed by atoms with Crippen molar-refractivity contribution in [3.8, 4) is 0 Å². The van der Waals surface area contributed by atoms with E-state index >= 15 is 0 Å². The number of hydrogen-bond acceptors (Lipinski definition) is 2. The molecule has 2 amide bonds. The first-order valence-corrected chi connectivity index (χ1v) is 8.22. The maximum atomic E-state index is 12.2. The Morgan fingerprint density at radius 1 is 1.24 bits per heavy atom. The Morgan fingerprint density at radius 3 is 2.29 bits per heavy atom. The average molecular weight is 296 g/mol. The van der Waals surface area contributed by atoms with Crippen LogP contribution >= 0.6 is 0 Å². The Morgan fingerprint density at radius 2 is 1.86 bits per heavy atom. The van der Waals surface area contributed by atoms with Crippen molar-refractivity contribution in [2.24, 2.45) is 11.3 Å². The molecule has 2 fully saturated rings. The third-order valence-electron chi connectivity index (χ3n) is 5.60. The number of amides is 2. The summed E-state index contributed by atoms with van der Waals surface area (Å²) in [6.07, 6.45) is 8.03. The van der Waals surface area contributed by atoms with E-state index in [1.54, 1.807) is 4.90 Å². The van der Waals surface area contributed by atoms with Crippen molar-refractivity contribution in [3.63, 3.8) is 0 Å². The van der Waals surface area contributed by atoms with Crippen LogP contribution in [-0.2, 0) is 4.79 Å². The van der Waals surface area contributed by atoms with E-state index in [0.29, 0.717) is 18.9 Å². The summed E-state index contributed by atoms with van der Waals surface area (Å²) in [5.41, 5.74) is -0.712. The summed E-state index contributed by atoms with van der Waals surface area (Å²) in [6.45, 7) is 2.49. The second-order valence-corrected chi connectivity index (χ2v) is 6.79. The topological polar surface area (TPSA) is 69.6 Å². The molecule has 0 radical (unpaired) electrons. The van der Waals surface area contributed by atoms with Crippen LogP contribution in [0.5, 0.6) is 0 Å². The van der Waals surface area contributed by atoms with E-state index in [4.69, 9.17) is 0 Å². The third kappa shape index (κ3) is 3.50. The van der Waals surface area contributed by atoms with Gasteiger partial charge in [0.15, 0.2) is 0 Å². The summed E-state index contributed by atoms with van der Waals surface area (Å²) in [7, 11) is 1.83. The molecule has 0 atom stereocenters. The van der Waals surface area contributed by atoms with Crippen molar-refractivity contribution in [2.75, 3.05) is 13.6 Å². The lowest BCUT2D eigenvalue weighted by atomic mass is 9.69.